The van der Waals surface area contributed by atoms with Crippen molar-refractivity contribution in [3.05, 3.63) is 0 Å². The van der Waals surface area contributed by atoms with Gasteiger partial charge in [0.25, 0.3) is 0 Å². The monoisotopic (exact) mass is 330 g/mol. The smallest absolute Gasteiger partial charge is 0.106 e. The predicted molar refractivity (Wildman–Crippen MR) is 96.5 cm³/mol. The molecule has 0 aliphatic heterocycles. The normalized spacial score (nSPS) is 11.9. The average molecular weight is 331 g/mol. The quantitative estimate of drug-likeness (QED) is 0.238. The molecule has 0 aliphatic rings. The first-order valence-electron chi connectivity index (χ1n) is 6.74. The third kappa shape index (κ3) is 13.9. The van der Waals surface area contributed by atoms with Gasteiger partial charge in [-0.3, -0.25) is 0 Å². The number of thiol groups is 1. The van der Waals surface area contributed by atoms with Gasteiger partial charge in [-0.05, 0) is 24.3 Å². The molecule has 0 atom stereocenters. The van der Waals surface area contributed by atoms with E-state index in [4.69, 9.17) is 11.8 Å². The van der Waals surface area contributed by atoms with Crippen molar-refractivity contribution >= 4 is 50.5 Å². The highest BCUT2D eigenvalue weighted by molar-refractivity contribution is 9.20. The molecule has 0 aromatic rings. The van der Waals surface area contributed by atoms with Crippen molar-refractivity contribution in [3.8, 4) is 0 Å². The van der Waals surface area contributed by atoms with Crippen molar-refractivity contribution in [2.24, 2.45) is 0 Å². The second-order valence-corrected chi connectivity index (χ2v) is 19.3. The fraction of sp³-hybridized carbons (Fsp3) is 1.00. The molecule has 0 unspecified atom stereocenters. The topological polar surface area (TPSA) is 0 Å². The molecule has 104 valence electrons. The summed E-state index contributed by atoms with van der Waals surface area (Å²) >= 11 is 14.2. The van der Waals surface area contributed by atoms with Gasteiger partial charge in [-0.15, -0.1) is 35.0 Å². The summed E-state index contributed by atoms with van der Waals surface area (Å²) in [6.07, 6.45) is 10.7. The van der Waals surface area contributed by atoms with Crippen LogP contribution in [0, 0.1) is 0 Å². The highest BCUT2D eigenvalue weighted by Crippen LogP contribution is 2.73. The molecule has 0 heterocycles. The van der Waals surface area contributed by atoms with Crippen LogP contribution in [-0.4, -0.2) is 11.5 Å². The van der Waals surface area contributed by atoms with Gasteiger partial charge in [-0.2, -0.15) is 0 Å². The molecule has 0 spiro atoms. The highest BCUT2D eigenvalue weighted by atomic mass is 33.5. The van der Waals surface area contributed by atoms with E-state index in [2.05, 4.69) is 26.1 Å². The zero-order valence-electron chi connectivity index (χ0n) is 11.2. The molecule has 0 saturated carbocycles. The maximum atomic E-state index is 5.60. The number of hydrogen-bond acceptors (Lipinski definition) is 3. The molecule has 0 saturated heterocycles. The molecule has 0 radical (unpaired) electrons. The van der Waals surface area contributed by atoms with E-state index < -0.39 is 3.64 Å². The fourth-order valence-electron chi connectivity index (χ4n) is 1.45. The second-order valence-electron chi connectivity index (χ2n) is 4.26. The van der Waals surface area contributed by atoms with Crippen molar-refractivity contribution in [1.82, 2.24) is 0 Å². The van der Waals surface area contributed by atoms with E-state index in [9.17, 15) is 0 Å². The van der Waals surface area contributed by atoms with Crippen LogP contribution in [0.15, 0.2) is 0 Å². The van der Waals surface area contributed by atoms with Crippen molar-refractivity contribution in [2.45, 2.75) is 65.2 Å². The van der Waals surface area contributed by atoms with Gasteiger partial charge in [-0.1, -0.05) is 64.2 Å². The molecule has 0 aliphatic carbocycles. The summed E-state index contributed by atoms with van der Waals surface area (Å²) in [6, 6.07) is 0. The SMILES string of the molecule is CCCCCCSP(=S)(S)SCCCCCC. The Balaban J connectivity index is 3.42. The van der Waals surface area contributed by atoms with Crippen LogP contribution in [0.2, 0.25) is 0 Å². The third-order valence-corrected chi connectivity index (χ3v) is 13.0. The van der Waals surface area contributed by atoms with E-state index in [0.29, 0.717) is 0 Å². The number of unbranched alkanes of at least 4 members (excludes halogenated alkanes) is 6. The molecule has 5 heteroatoms. The minimum absolute atomic E-state index is 1.21. The summed E-state index contributed by atoms with van der Waals surface area (Å²) in [5.41, 5.74) is 0. The van der Waals surface area contributed by atoms with Crippen LogP contribution in [0.25, 0.3) is 0 Å². The number of hydrogen-bond donors (Lipinski definition) is 1. The highest BCUT2D eigenvalue weighted by Gasteiger charge is 2.11. The lowest BCUT2D eigenvalue weighted by molar-refractivity contribution is 0.707. The molecule has 0 amide bonds. The Bertz CT molecular complexity index is 191. The lowest BCUT2D eigenvalue weighted by Gasteiger charge is -2.14. The van der Waals surface area contributed by atoms with Crippen molar-refractivity contribution < 1.29 is 0 Å². The Hall–Kier alpha value is 1.70. The lowest BCUT2D eigenvalue weighted by atomic mass is 10.2. The van der Waals surface area contributed by atoms with Gasteiger partial charge in [0, 0.05) is 0 Å². The van der Waals surface area contributed by atoms with Gasteiger partial charge in [0.1, 0.15) is 3.64 Å². The molecule has 0 N–H and O–H groups in total. The lowest BCUT2D eigenvalue weighted by Crippen LogP contribution is -1.81. The standard InChI is InChI=1S/C12H27PS4/c1-3-5-7-9-11-16-13(14,15)17-12-10-8-6-4-2/h3-12H2,1-2H3,(H,14,15). The summed E-state index contributed by atoms with van der Waals surface area (Å²) in [5.74, 6) is 2.42. The van der Waals surface area contributed by atoms with Crippen LogP contribution < -0.4 is 0 Å². The van der Waals surface area contributed by atoms with E-state index in [-0.39, 0.29) is 0 Å². The van der Waals surface area contributed by atoms with Gasteiger partial charge in [0.2, 0.25) is 0 Å². The first-order chi connectivity index (χ1) is 8.12. The zero-order valence-corrected chi connectivity index (χ0v) is 15.4. The maximum Gasteiger partial charge on any atom is 0.106 e. The summed E-state index contributed by atoms with van der Waals surface area (Å²) in [4.78, 5) is 0. The van der Waals surface area contributed by atoms with Crippen molar-refractivity contribution in [2.75, 3.05) is 11.5 Å². The minimum Gasteiger partial charge on any atom is -0.122 e. The van der Waals surface area contributed by atoms with Crippen LogP contribution in [-0.2, 0) is 11.8 Å². The van der Waals surface area contributed by atoms with Crippen molar-refractivity contribution in [3.63, 3.8) is 0 Å². The Morgan fingerprint density at radius 1 is 0.824 bits per heavy atom. The van der Waals surface area contributed by atoms with Crippen LogP contribution in [0.4, 0.5) is 0 Å². The molecule has 0 aromatic carbocycles. The maximum absolute atomic E-state index is 5.60. The van der Waals surface area contributed by atoms with Gasteiger partial charge >= 0.3 is 0 Å². The molecule has 0 nitrogen and oxygen atoms in total. The Morgan fingerprint density at radius 3 is 1.59 bits per heavy atom. The number of rotatable bonds is 12. The van der Waals surface area contributed by atoms with E-state index >= 15 is 0 Å². The molecular formula is C12H27PS4. The van der Waals surface area contributed by atoms with Crippen LogP contribution in [0.5, 0.6) is 0 Å². The summed E-state index contributed by atoms with van der Waals surface area (Å²) in [6.45, 7) is 4.50. The molecular weight excluding hydrogens is 303 g/mol. The summed E-state index contributed by atoms with van der Waals surface area (Å²) in [5, 5.41) is 0. The van der Waals surface area contributed by atoms with Gasteiger partial charge in [-0.25, -0.2) is 0 Å². The van der Waals surface area contributed by atoms with E-state index in [0.717, 1.165) is 0 Å². The van der Waals surface area contributed by atoms with Crippen LogP contribution >= 0.6 is 38.7 Å². The summed E-state index contributed by atoms with van der Waals surface area (Å²) in [7, 11) is 0. The van der Waals surface area contributed by atoms with Crippen molar-refractivity contribution in [1.29, 1.82) is 0 Å². The first kappa shape index (κ1) is 18.7. The Kier molecular flexibility index (Phi) is 14.0. The molecule has 17 heavy (non-hydrogen) atoms. The zero-order chi connectivity index (χ0) is 13.0. The molecule has 0 fully saturated rings. The largest absolute Gasteiger partial charge is 0.122 e. The van der Waals surface area contributed by atoms with E-state index in [1.54, 1.807) is 0 Å². The predicted octanol–water partition coefficient (Wildman–Crippen LogP) is 6.77. The minimum atomic E-state index is -1.43. The Labute approximate surface area is 127 Å². The van der Waals surface area contributed by atoms with Crippen LogP contribution in [0.1, 0.15) is 65.2 Å². The average Bonchev–Trinajstić information content (AvgIpc) is 2.28. The van der Waals surface area contributed by atoms with Gasteiger partial charge < -0.3 is 0 Å². The van der Waals surface area contributed by atoms with Crippen LogP contribution in [0.3, 0.4) is 0 Å². The molecule has 0 bridgehead atoms. The fourth-order valence-corrected chi connectivity index (χ4v) is 9.86. The third-order valence-electron chi connectivity index (χ3n) is 2.50. The summed E-state index contributed by atoms with van der Waals surface area (Å²) < 4.78 is -1.43. The molecule has 0 rings (SSSR count). The Morgan fingerprint density at radius 2 is 1.24 bits per heavy atom. The van der Waals surface area contributed by atoms with Gasteiger partial charge in [0.05, 0.1) is 0 Å². The first-order valence-corrected chi connectivity index (χ1v) is 13.9. The van der Waals surface area contributed by atoms with Gasteiger partial charge in [0.15, 0.2) is 0 Å². The second kappa shape index (κ2) is 12.7. The van der Waals surface area contributed by atoms with E-state index in [1.807, 2.05) is 22.8 Å². The van der Waals surface area contributed by atoms with E-state index in [1.165, 1.54) is 62.9 Å². The molecule has 0 aromatic heterocycles.